The van der Waals surface area contributed by atoms with Crippen molar-refractivity contribution in [2.75, 3.05) is 32.7 Å². The Morgan fingerprint density at radius 1 is 1.38 bits per heavy atom. The molecule has 1 fully saturated rings. The summed E-state index contributed by atoms with van der Waals surface area (Å²) >= 11 is 0. The van der Waals surface area contributed by atoms with E-state index < -0.39 is 0 Å². The molecular formula is C15H26N4O2. The highest BCUT2D eigenvalue weighted by atomic mass is 16.3. The van der Waals surface area contributed by atoms with Crippen LogP contribution < -0.4 is 0 Å². The van der Waals surface area contributed by atoms with Crippen LogP contribution in [-0.2, 0) is 5.41 Å². The van der Waals surface area contributed by atoms with Gasteiger partial charge in [-0.25, -0.2) is 0 Å². The van der Waals surface area contributed by atoms with Crippen molar-refractivity contribution in [2.45, 2.75) is 39.2 Å². The van der Waals surface area contributed by atoms with E-state index in [1.54, 1.807) is 6.92 Å². The van der Waals surface area contributed by atoms with Crippen molar-refractivity contribution in [3.63, 3.8) is 0 Å². The first-order valence-electron chi connectivity index (χ1n) is 7.53. The molecule has 6 heteroatoms. The van der Waals surface area contributed by atoms with E-state index in [0.717, 1.165) is 18.8 Å². The molecule has 1 aromatic rings. The largest absolute Gasteiger partial charge is 0.392 e. The van der Waals surface area contributed by atoms with Gasteiger partial charge in [-0.3, -0.25) is 14.8 Å². The van der Waals surface area contributed by atoms with Crippen molar-refractivity contribution >= 4 is 5.91 Å². The first-order chi connectivity index (χ1) is 9.77. The number of aliphatic hydroxyl groups is 1. The van der Waals surface area contributed by atoms with E-state index in [4.69, 9.17) is 0 Å². The molecule has 21 heavy (non-hydrogen) atoms. The standard InChI is InChI=1S/C15H26N4O2/c1-11(20)10-18-5-7-19(8-6-18)14(21)12-9-13(17-16-12)15(2,3)4/h9,11,20H,5-8,10H2,1-4H3,(H,16,17)/t11-/m0/s1. The van der Waals surface area contributed by atoms with Gasteiger partial charge in [0.15, 0.2) is 0 Å². The number of piperazine rings is 1. The molecule has 1 saturated heterocycles. The Balaban J connectivity index is 1.94. The number of aromatic amines is 1. The molecule has 6 nitrogen and oxygen atoms in total. The Bertz CT molecular complexity index is 482. The predicted molar refractivity (Wildman–Crippen MR) is 81.3 cm³/mol. The quantitative estimate of drug-likeness (QED) is 0.867. The van der Waals surface area contributed by atoms with Gasteiger partial charge in [0, 0.05) is 43.8 Å². The summed E-state index contributed by atoms with van der Waals surface area (Å²) < 4.78 is 0. The van der Waals surface area contributed by atoms with Crippen LogP contribution in [-0.4, -0.2) is 69.8 Å². The van der Waals surface area contributed by atoms with Crippen molar-refractivity contribution in [3.8, 4) is 0 Å². The van der Waals surface area contributed by atoms with Crippen LogP contribution in [0.2, 0.25) is 0 Å². The van der Waals surface area contributed by atoms with E-state index >= 15 is 0 Å². The number of hydrogen-bond donors (Lipinski definition) is 2. The van der Waals surface area contributed by atoms with Crippen LogP contribution in [0, 0.1) is 0 Å². The molecule has 1 aromatic heterocycles. The van der Waals surface area contributed by atoms with Crippen LogP contribution in [0.1, 0.15) is 43.9 Å². The molecule has 2 heterocycles. The lowest BCUT2D eigenvalue weighted by Gasteiger charge is -2.34. The summed E-state index contributed by atoms with van der Waals surface area (Å²) in [6.45, 7) is 11.7. The second kappa shape index (κ2) is 6.15. The zero-order valence-corrected chi connectivity index (χ0v) is 13.4. The fourth-order valence-electron chi connectivity index (χ4n) is 2.48. The summed E-state index contributed by atoms with van der Waals surface area (Å²) in [6, 6.07) is 1.85. The molecule has 0 unspecified atom stereocenters. The molecule has 2 N–H and O–H groups in total. The summed E-state index contributed by atoms with van der Waals surface area (Å²) in [7, 11) is 0. The van der Waals surface area contributed by atoms with Gasteiger partial charge < -0.3 is 10.0 Å². The van der Waals surface area contributed by atoms with E-state index in [2.05, 4.69) is 35.9 Å². The number of carbonyl (C=O) groups excluding carboxylic acids is 1. The number of nitrogens with one attached hydrogen (secondary N) is 1. The second-order valence-electron chi connectivity index (χ2n) is 6.86. The van der Waals surface area contributed by atoms with Gasteiger partial charge in [-0.15, -0.1) is 0 Å². The van der Waals surface area contributed by atoms with Gasteiger partial charge in [0.25, 0.3) is 5.91 Å². The summed E-state index contributed by atoms with van der Waals surface area (Å²) in [6.07, 6.45) is -0.326. The molecule has 0 bridgehead atoms. The normalized spacial score (nSPS) is 18.8. The third-order valence-corrected chi connectivity index (χ3v) is 3.79. The minimum atomic E-state index is -0.326. The Morgan fingerprint density at radius 2 is 2.00 bits per heavy atom. The minimum absolute atomic E-state index is 0.0153. The molecular weight excluding hydrogens is 268 g/mol. The van der Waals surface area contributed by atoms with Gasteiger partial charge >= 0.3 is 0 Å². The summed E-state index contributed by atoms with van der Waals surface area (Å²) in [4.78, 5) is 16.5. The molecule has 1 aliphatic rings. The molecule has 1 aliphatic heterocycles. The van der Waals surface area contributed by atoms with Gasteiger partial charge in [0.05, 0.1) is 6.10 Å². The van der Waals surface area contributed by atoms with Crippen LogP contribution in [0.25, 0.3) is 0 Å². The molecule has 2 rings (SSSR count). The number of carbonyl (C=O) groups is 1. The highest BCUT2D eigenvalue weighted by Gasteiger charge is 2.25. The van der Waals surface area contributed by atoms with E-state index in [-0.39, 0.29) is 17.4 Å². The molecule has 0 spiro atoms. The Morgan fingerprint density at radius 3 is 2.48 bits per heavy atom. The maximum Gasteiger partial charge on any atom is 0.274 e. The smallest absolute Gasteiger partial charge is 0.274 e. The zero-order chi connectivity index (χ0) is 15.6. The van der Waals surface area contributed by atoms with Crippen molar-refractivity contribution in [1.82, 2.24) is 20.0 Å². The van der Waals surface area contributed by atoms with E-state index in [0.29, 0.717) is 25.3 Å². The molecule has 0 radical (unpaired) electrons. The minimum Gasteiger partial charge on any atom is -0.392 e. The van der Waals surface area contributed by atoms with Gasteiger partial charge in [0.1, 0.15) is 5.69 Å². The summed E-state index contributed by atoms with van der Waals surface area (Å²) in [5, 5.41) is 16.5. The third-order valence-electron chi connectivity index (χ3n) is 3.79. The highest BCUT2D eigenvalue weighted by molar-refractivity contribution is 5.92. The van der Waals surface area contributed by atoms with Gasteiger partial charge in [-0.1, -0.05) is 20.8 Å². The van der Waals surface area contributed by atoms with E-state index in [1.165, 1.54) is 0 Å². The summed E-state index contributed by atoms with van der Waals surface area (Å²) in [5.74, 6) is -0.0153. The fraction of sp³-hybridized carbons (Fsp3) is 0.733. The Hall–Kier alpha value is -1.40. The number of hydrogen-bond acceptors (Lipinski definition) is 4. The number of β-amino-alcohol motifs (C(OH)–C–C–N with tert-alkyl or cyclic N) is 1. The monoisotopic (exact) mass is 294 g/mol. The molecule has 0 aromatic carbocycles. The van der Waals surface area contributed by atoms with Gasteiger partial charge in [-0.05, 0) is 13.0 Å². The Kier molecular flexibility index (Phi) is 4.68. The third kappa shape index (κ3) is 4.04. The summed E-state index contributed by atoms with van der Waals surface area (Å²) in [5.41, 5.74) is 1.42. The fourth-order valence-corrected chi connectivity index (χ4v) is 2.48. The number of rotatable bonds is 3. The van der Waals surface area contributed by atoms with Crippen LogP contribution in [0.15, 0.2) is 6.07 Å². The predicted octanol–water partition coefficient (Wildman–Crippen LogP) is 0.846. The van der Waals surface area contributed by atoms with Crippen molar-refractivity contribution in [2.24, 2.45) is 0 Å². The number of H-pyrrole nitrogens is 1. The topological polar surface area (TPSA) is 72.5 Å². The van der Waals surface area contributed by atoms with Gasteiger partial charge in [-0.2, -0.15) is 5.10 Å². The van der Waals surface area contributed by atoms with Crippen molar-refractivity contribution in [1.29, 1.82) is 0 Å². The van der Waals surface area contributed by atoms with Gasteiger partial charge in [0.2, 0.25) is 0 Å². The maximum atomic E-state index is 12.4. The SMILES string of the molecule is C[C@H](O)CN1CCN(C(=O)c2cc(C(C)(C)C)[nH]n2)CC1. The Labute approximate surface area is 126 Å². The number of amides is 1. The molecule has 118 valence electrons. The first kappa shape index (κ1) is 16.0. The van der Waals surface area contributed by atoms with Crippen LogP contribution in [0.3, 0.4) is 0 Å². The average Bonchev–Trinajstić information content (AvgIpc) is 2.87. The van der Waals surface area contributed by atoms with Crippen LogP contribution >= 0.6 is 0 Å². The second-order valence-corrected chi connectivity index (χ2v) is 6.86. The number of aliphatic hydroxyl groups excluding tert-OH is 1. The molecule has 0 saturated carbocycles. The van der Waals surface area contributed by atoms with Crippen molar-refractivity contribution in [3.05, 3.63) is 17.5 Å². The lowest BCUT2D eigenvalue weighted by Crippen LogP contribution is -2.50. The van der Waals surface area contributed by atoms with E-state index in [9.17, 15) is 9.90 Å². The molecule has 0 aliphatic carbocycles. The van der Waals surface area contributed by atoms with Crippen LogP contribution in [0.5, 0.6) is 0 Å². The maximum absolute atomic E-state index is 12.4. The molecule has 1 atom stereocenters. The number of aromatic nitrogens is 2. The lowest BCUT2D eigenvalue weighted by molar-refractivity contribution is 0.0549. The zero-order valence-electron chi connectivity index (χ0n) is 13.4. The van der Waals surface area contributed by atoms with Crippen molar-refractivity contribution < 1.29 is 9.90 Å². The molecule has 1 amide bonds. The first-order valence-corrected chi connectivity index (χ1v) is 7.53. The lowest BCUT2D eigenvalue weighted by atomic mass is 9.92. The van der Waals surface area contributed by atoms with E-state index in [1.807, 2.05) is 11.0 Å². The van der Waals surface area contributed by atoms with Crippen LogP contribution in [0.4, 0.5) is 0 Å². The average molecular weight is 294 g/mol. The number of nitrogens with zero attached hydrogens (tertiary/aromatic N) is 3. The highest BCUT2D eigenvalue weighted by Crippen LogP contribution is 2.21.